The van der Waals surface area contributed by atoms with Crippen molar-refractivity contribution in [3.05, 3.63) is 35.4 Å². The van der Waals surface area contributed by atoms with Crippen LogP contribution in [0.15, 0.2) is 24.3 Å². The molecule has 2 fully saturated rings. The molecule has 1 aromatic rings. The highest BCUT2D eigenvalue weighted by molar-refractivity contribution is 5.94. The second kappa shape index (κ2) is 6.27. The van der Waals surface area contributed by atoms with Gasteiger partial charge in [-0.15, -0.1) is 0 Å². The summed E-state index contributed by atoms with van der Waals surface area (Å²) in [5, 5.41) is 8.86. The van der Waals surface area contributed by atoms with Gasteiger partial charge in [-0.1, -0.05) is 6.42 Å². The summed E-state index contributed by atoms with van der Waals surface area (Å²) < 4.78 is 0. The van der Waals surface area contributed by atoms with E-state index >= 15 is 0 Å². The average molecular weight is 325 g/mol. The molecule has 24 heavy (non-hydrogen) atoms. The Kier molecular flexibility index (Phi) is 4.31. The van der Waals surface area contributed by atoms with Crippen LogP contribution in [0.5, 0.6) is 0 Å². The predicted molar refractivity (Wildman–Crippen MR) is 90.2 cm³/mol. The van der Waals surface area contributed by atoms with Crippen molar-refractivity contribution >= 4 is 11.8 Å². The first-order valence-electron chi connectivity index (χ1n) is 8.48. The number of piperidine rings is 1. The summed E-state index contributed by atoms with van der Waals surface area (Å²) in [7, 11) is 3.73. The zero-order valence-electron chi connectivity index (χ0n) is 14.3. The fourth-order valence-electron chi connectivity index (χ4n) is 4.44. The number of rotatable bonds is 3. The molecule has 5 heteroatoms. The predicted octanol–water partition coefficient (Wildman–Crippen LogP) is 2.42. The van der Waals surface area contributed by atoms with Crippen molar-refractivity contribution in [1.29, 1.82) is 5.26 Å². The van der Waals surface area contributed by atoms with Gasteiger partial charge in [-0.05, 0) is 43.5 Å². The molecule has 0 unspecified atom stereocenters. The Balaban J connectivity index is 1.75. The summed E-state index contributed by atoms with van der Waals surface area (Å²) in [6.07, 6.45) is 4.65. The van der Waals surface area contributed by atoms with Crippen molar-refractivity contribution in [2.24, 2.45) is 5.41 Å². The van der Waals surface area contributed by atoms with Gasteiger partial charge in [0.15, 0.2) is 0 Å². The molecule has 1 saturated carbocycles. The lowest BCUT2D eigenvalue weighted by molar-refractivity contribution is -0.140. The smallest absolute Gasteiger partial charge is 0.253 e. The standard InChI is InChI=1S/C19H23N3O2/c1-21(18(24)15-7-5-14(12-20)6-8-15)13-19-10-3-4-16(19)22(2)17(23)9-11-19/h5-8,16H,3-4,9-11,13H2,1-2H3/t16-,19+/m1/s1. The number of fused-ring (bicyclic) bond motifs is 1. The third kappa shape index (κ3) is 2.77. The van der Waals surface area contributed by atoms with Crippen LogP contribution in [0.2, 0.25) is 0 Å². The quantitative estimate of drug-likeness (QED) is 0.857. The molecule has 2 amide bonds. The average Bonchev–Trinajstić information content (AvgIpc) is 3.02. The molecule has 1 aromatic carbocycles. The fraction of sp³-hybridized carbons (Fsp3) is 0.526. The normalized spacial score (nSPS) is 26.0. The highest BCUT2D eigenvalue weighted by Crippen LogP contribution is 2.48. The van der Waals surface area contributed by atoms with Crippen molar-refractivity contribution in [3.63, 3.8) is 0 Å². The van der Waals surface area contributed by atoms with Crippen molar-refractivity contribution in [1.82, 2.24) is 9.80 Å². The third-order valence-electron chi connectivity index (χ3n) is 5.72. The fourth-order valence-corrected chi connectivity index (χ4v) is 4.44. The molecular formula is C19H23N3O2. The van der Waals surface area contributed by atoms with Crippen molar-refractivity contribution in [2.45, 2.75) is 38.1 Å². The summed E-state index contributed by atoms with van der Waals surface area (Å²) in [6, 6.07) is 9.06. The Morgan fingerprint density at radius 3 is 2.75 bits per heavy atom. The number of hydrogen-bond acceptors (Lipinski definition) is 3. The molecule has 0 bridgehead atoms. The topological polar surface area (TPSA) is 64.4 Å². The molecule has 2 aliphatic rings. The second-order valence-electron chi connectivity index (χ2n) is 7.13. The van der Waals surface area contributed by atoms with Crippen LogP contribution in [-0.2, 0) is 4.79 Å². The second-order valence-corrected chi connectivity index (χ2v) is 7.13. The van der Waals surface area contributed by atoms with Crippen molar-refractivity contribution in [2.75, 3.05) is 20.6 Å². The molecule has 1 aliphatic heterocycles. The van der Waals surface area contributed by atoms with Gasteiger partial charge in [-0.3, -0.25) is 9.59 Å². The minimum atomic E-state index is -0.0286. The molecular weight excluding hydrogens is 302 g/mol. The number of carbonyl (C=O) groups excluding carboxylic acids is 2. The lowest BCUT2D eigenvalue weighted by Gasteiger charge is -2.46. The number of benzene rings is 1. The minimum Gasteiger partial charge on any atom is -0.342 e. The number of nitriles is 1. The zero-order valence-corrected chi connectivity index (χ0v) is 14.3. The van der Waals surface area contributed by atoms with Gasteiger partial charge >= 0.3 is 0 Å². The maximum atomic E-state index is 12.7. The van der Waals surface area contributed by atoms with Gasteiger partial charge in [0.2, 0.25) is 5.91 Å². The lowest BCUT2D eigenvalue weighted by Crippen LogP contribution is -2.54. The van der Waals surface area contributed by atoms with E-state index in [4.69, 9.17) is 5.26 Å². The van der Waals surface area contributed by atoms with Crippen molar-refractivity contribution < 1.29 is 9.59 Å². The Morgan fingerprint density at radius 2 is 2.08 bits per heavy atom. The molecule has 1 saturated heterocycles. The highest BCUT2D eigenvalue weighted by atomic mass is 16.2. The Morgan fingerprint density at radius 1 is 1.38 bits per heavy atom. The third-order valence-corrected chi connectivity index (χ3v) is 5.72. The SMILES string of the molecule is CN(C[C@@]12CCC[C@H]1N(C)C(=O)CC2)C(=O)c1ccc(C#N)cc1. The molecule has 0 spiro atoms. The van der Waals surface area contributed by atoms with Gasteiger partial charge in [0.25, 0.3) is 5.91 Å². The Labute approximate surface area is 142 Å². The van der Waals surface area contributed by atoms with E-state index in [-0.39, 0.29) is 23.3 Å². The van der Waals surface area contributed by atoms with Gasteiger partial charge in [-0.25, -0.2) is 0 Å². The first-order valence-corrected chi connectivity index (χ1v) is 8.48. The van der Waals surface area contributed by atoms with Crippen LogP contribution < -0.4 is 0 Å². The maximum Gasteiger partial charge on any atom is 0.253 e. The molecule has 0 aromatic heterocycles. The Bertz CT molecular complexity index is 692. The monoisotopic (exact) mass is 325 g/mol. The van der Waals surface area contributed by atoms with E-state index in [9.17, 15) is 9.59 Å². The van der Waals surface area contributed by atoms with E-state index in [1.54, 1.807) is 29.2 Å². The van der Waals surface area contributed by atoms with E-state index in [0.29, 0.717) is 24.1 Å². The summed E-state index contributed by atoms with van der Waals surface area (Å²) in [6.45, 7) is 0.675. The molecule has 0 N–H and O–H groups in total. The van der Waals surface area contributed by atoms with Gasteiger partial charge in [0.05, 0.1) is 11.6 Å². The van der Waals surface area contributed by atoms with Gasteiger partial charge in [0, 0.05) is 44.1 Å². The van der Waals surface area contributed by atoms with Gasteiger partial charge in [-0.2, -0.15) is 5.26 Å². The van der Waals surface area contributed by atoms with E-state index in [1.807, 2.05) is 19.0 Å². The number of likely N-dealkylation sites (tertiary alicyclic amines) is 1. The summed E-state index contributed by atoms with van der Waals surface area (Å²) in [4.78, 5) is 28.4. The van der Waals surface area contributed by atoms with E-state index < -0.39 is 0 Å². The van der Waals surface area contributed by atoms with Crippen LogP contribution in [-0.4, -0.2) is 48.3 Å². The van der Waals surface area contributed by atoms with Crippen molar-refractivity contribution in [3.8, 4) is 6.07 Å². The molecule has 5 nitrogen and oxygen atoms in total. The van der Waals surface area contributed by atoms with Crippen LogP contribution in [0.3, 0.4) is 0 Å². The lowest BCUT2D eigenvalue weighted by atomic mass is 9.74. The number of nitrogens with zero attached hydrogens (tertiary/aromatic N) is 3. The molecule has 126 valence electrons. The summed E-state index contributed by atoms with van der Waals surface area (Å²) >= 11 is 0. The maximum absolute atomic E-state index is 12.7. The largest absolute Gasteiger partial charge is 0.342 e. The van der Waals surface area contributed by atoms with Crippen LogP contribution in [0, 0.1) is 16.7 Å². The van der Waals surface area contributed by atoms with E-state index in [0.717, 1.165) is 25.7 Å². The Hall–Kier alpha value is -2.35. The first-order chi connectivity index (χ1) is 11.5. The number of amides is 2. The molecule has 3 rings (SSSR count). The van der Waals surface area contributed by atoms with Crippen LogP contribution >= 0.6 is 0 Å². The van der Waals surface area contributed by atoms with Gasteiger partial charge in [0.1, 0.15) is 0 Å². The van der Waals surface area contributed by atoms with Gasteiger partial charge < -0.3 is 9.80 Å². The summed E-state index contributed by atoms with van der Waals surface area (Å²) in [5.74, 6) is 0.192. The van der Waals surface area contributed by atoms with Crippen LogP contribution in [0.1, 0.15) is 48.0 Å². The minimum absolute atomic E-state index is 0.0274. The number of carbonyl (C=O) groups is 2. The molecule has 0 radical (unpaired) electrons. The van der Waals surface area contributed by atoms with Crippen LogP contribution in [0.25, 0.3) is 0 Å². The molecule has 2 atom stereocenters. The first kappa shape index (κ1) is 16.5. The van der Waals surface area contributed by atoms with Crippen LogP contribution in [0.4, 0.5) is 0 Å². The molecule has 1 aliphatic carbocycles. The zero-order chi connectivity index (χ0) is 17.3. The van der Waals surface area contributed by atoms with E-state index in [2.05, 4.69) is 6.07 Å². The van der Waals surface area contributed by atoms with E-state index in [1.165, 1.54) is 0 Å². The highest BCUT2D eigenvalue weighted by Gasteiger charge is 2.49. The number of hydrogen-bond donors (Lipinski definition) is 0. The summed E-state index contributed by atoms with van der Waals surface area (Å²) in [5.41, 5.74) is 1.18. The molecule has 1 heterocycles.